The van der Waals surface area contributed by atoms with Gasteiger partial charge in [-0.25, -0.2) is 0 Å². The maximum Gasteiger partial charge on any atom is 0.418 e. The molecule has 0 radical (unpaired) electrons. The Morgan fingerprint density at radius 3 is 2.38 bits per heavy atom. The number of anilines is 1. The van der Waals surface area contributed by atoms with E-state index in [2.05, 4.69) is 10.5 Å². The minimum absolute atomic E-state index is 0.106. The van der Waals surface area contributed by atoms with Crippen LogP contribution in [0.1, 0.15) is 16.1 Å². The first-order valence-corrected chi connectivity index (χ1v) is 6.95. The van der Waals surface area contributed by atoms with Gasteiger partial charge in [0, 0.05) is 11.6 Å². The maximum absolute atomic E-state index is 12.9. The van der Waals surface area contributed by atoms with Gasteiger partial charge in [-0.05, 0) is 12.1 Å². The smallest absolute Gasteiger partial charge is 0.355 e. The van der Waals surface area contributed by atoms with Crippen molar-refractivity contribution in [3.05, 3.63) is 71.9 Å². The lowest BCUT2D eigenvalue weighted by molar-refractivity contribution is -0.136. The van der Waals surface area contributed by atoms with Gasteiger partial charge in [0.2, 0.25) is 0 Å². The summed E-state index contributed by atoms with van der Waals surface area (Å²) in [5.41, 5.74) is -0.657. The third-order valence-electron chi connectivity index (χ3n) is 3.28. The Labute approximate surface area is 134 Å². The monoisotopic (exact) mass is 332 g/mol. The van der Waals surface area contributed by atoms with Gasteiger partial charge >= 0.3 is 6.18 Å². The summed E-state index contributed by atoms with van der Waals surface area (Å²) in [5, 5.41) is 5.83. The SMILES string of the molecule is O=C(Nc1ccccc1C(F)(F)F)c1cc(-c2ccccc2)on1. The average molecular weight is 332 g/mol. The van der Waals surface area contributed by atoms with Crippen molar-refractivity contribution in [2.75, 3.05) is 5.32 Å². The molecule has 1 heterocycles. The summed E-state index contributed by atoms with van der Waals surface area (Å²) < 4.78 is 43.9. The third-order valence-corrected chi connectivity index (χ3v) is 3.28. The molecule has 1 amide bonds. The number of hydrogen-bond acceptors (Lipinski definition) is 3. The van der Waals surface area contributed by atoms with E-state index in [0.29, 0.717) is 11.3 Å². The lowest BCUT2D eigenvalue weighted by atomic mass is 10.1. The summed E-state index contributed by atoms with van der Waals surface area (Å²) >= 11 is 0. The first-order chi connectivity index (χ1) is 11.4. The van der Waals surface area contributed by atoms with Crippen LogP contribution in [0.2, 0.25) is 0 Å². The molecule has 0 fully saturated rings. The average Bonchev–Trinajstić information content (AvgIpc) is 3.05. The summed E-state index contributed by atoms with van der Waals surface area (Å²) in [6, 6.07) is 15.0. The number of nitrogens with zero attached hydrogens (tertiary/aromatic N) is 1. The van der Waals surface area contributed by atoms with Gasteiger partial charge in [0.1, 0.15) is 0 Å². The fourth-order valence-corrected chi connectivity index (χ4v) is 2.15. The predicted octanol–water partition coefficient (Wildman–Crippen LogP) is 4.61. The zero-order valence-electron chi connectivity index (χ0n) is 12.2. The molecule has 0 spiro atoms. The number of benzene rings is 2. The molecule has 1 aromatic heterocycles. The topological polar surface area (TPSA) is 55.1 Å². The van der Waals surface area contributed by atoms with Crippen LogP contribution in [-0.2, 0) is 6.18 Å². The Morgan fingerprint density at radius 2 is 1.67 bits per heavy atom. The third kappa shape index (κ3) is 3.29. The molecule has 2 aromatic carbocycles. The van der Waals surface area contributed by atoms with Crippen LogP contribution in [0.3, 0.4) is 0 Å². The highest BCUT2D eigenvalue weighted by molar-refractivity contribution is 6.03. The number of nitrogens with one attached hydrogen (secondary N) is 1. The molecule has 7 heteroatoms. The molecular formula is C17H11F3N2O2. The van der Waals surface area contributed by atoms with Crippen molar-refractivity contribution in [1.29, 1.82) is 0 Å². The van der Waals surface area contributed by atoms with Crippen LogP contribution in [0.4, 0.5) is 18.9 Å². The Morgan fingerprint density at radius 1 is 1.00 bits per heavy atom. The fraction of sp³-hybridized carbons (Fsp3) is 0.0588. The van der Waals surface area contributed by atoms with Crippen LogP contribution in [-0.4, -0.2) is 11.1 Å². The van der Waals surface area contributed by atoms with Crippen molar-refractivity contribution in [3.8, 4) is 11.3 Å². The second-order valence-corrected chi connectivity index (χ2v) is 4.94. The summed E-state index contributed by atoms with van der Waals surface area (Å²) in [7, 11) is 0. The van der Waals surface area contributed by atoms with Gasteiger partial charge in [-0.3, -0.25) is 4.79 Å². The summed E-state index contributed by atoms with van der Waals surface area (Å²) in [4.78, 5) is 12.1. The highest BCUT2D eigenvalue weighted by Crippen LogP contribution is 2.34. The lowest BCUT2D eigenvalue weighted by Crippen LogP contribution is -2.16. The van der Waals surface area contributed by atoms with E-state index < -0.39 is 17.6 Å². The molecule has 0 aliphatic heterocycles. The van der Waals surface area contributed by atoms with Crippen LogP contribution in [0.15, 0.2) is 65.2 Å². The van der Waals surface area contributed by atoms with Crippen molar-refractivity contribution >= 4 is 11.6 Å². The van der Waals surface area contributed by atoms with E-state index in [4.69, 9.17) is 4.52 Å². The van der Waals surface area contributed by atoms with Crippen LogP contribution in [0.5, 0.6) is 0 Å². The molecule has 0 aliphatic rings. The van der Waals surface area contributed by atoms with Crippen molar-refractivity contribution < 1.29 is 22.5 Å². The maximum atomic E-state index is 12.9. The zero-order chi connectivity index (χ0) is 17.2. The van der Waals surface area contributed by atoms with Gasteiger partial charge in [-0.2, -0.15) is 13.2 Å². The molecule has 0 atom stereocenters. The predicted molar refractivity (Wildman–Crippen MR) is 81.3 cm³/mol. The van der Waals surface area contributed by atoms with Gasteiger partial charge < -0.3 is 9.84 Å². The standard InChI is InChI=1S/C17H11F3N2O2/c18-17(19,20)12-8-4-5-9-13(12)21-16(23)14-10-15(24-22-14)11-6-2-1-3-7-11/h1-10H,(H,21,23). The van der Waals surface area contributed by atoms with Crippen molar-refractivity contribution in [1.82, 2.24) is 5.16 Å². The molecule has 0 aliphatic carbocycles. The molecule has 3 rings (SSSR count). The van der Waals surface area contributed by atoms with E-state index in [9.17, 15) is 18.0 Å². The lowest BCUT2D eigenvalue weighted by Gasteiger charge is -2.12. The van der Waals surface area contributed by atoms with Crippen LogP contribution in [0, 0.1) is 0 Å². The van der Waals surface area contributed by atoms with Crippen LogP contribution < -0.4 is 5.32 Å². The highest BCUT2D eigenvalue weighted by Gasteiger charge is 2.33. The minimum atomic E-state index is -4.57. The van der Waals surface area contributed by atoms with E-state index in [1.54, 1.807) is 24.3 Å². The Bertz CT molecular complexity index is 858. The number of aromatic nitrogens is 1. The molecule has 0 bridgehead atoms. The molecule has 0 saturated carbocycles. The van der Waals surface area contributed by atoms with E-state index in [1.165, 1.54) is 24.3 Å². The molecule has 122 valence electrons. The molecule has 0 unspecified atom stereocenters. The molecule has 24 heavy (non-hydrogen) atoms. The normalized spacial score (nSPS) is 11.3. The summed E-state index contributed by atoms with van der Waals surface area (Å²) in [6.07, 6.45) is -4.57. The fourth-order valence-electron chi connectivity index (χ4n) is 2.15. The van der Waals surface area contributed by atoms with Crippen LogP contribution in [0.25, 0.3) is 11.3 Å². The van der Waals surface area contributed by atoms with E-state index >= 15 is 0 Å². The minimum Gasteiger partial charge on any atom is -0.355 e. The number of hydrogen-bond donors (Lipinski definition) is 1. The Balaban J connectivity index is 1.83. The molecule has 4 nitrogen and oxygen atoms in total. The Hall–Kier alpha value is -3.09. The Kier molecular flexibility index (Phi) is 4.07. The van der Waals surface area contributed by atoms with E-state index in [0.717, 1.165) is 6.07 Å². The first-order valence-electron chi connectivity index (χ1n) is 6.95. The van der Waals surface area contributed by atoms with Gasteiger partial charge in [0.25, 0.3) is 5.91 Å². The van der Waals surface area contributed by atoms with Gasteiger partial charge in [-0.1, -0.05) is 47.6 Å². The van der Waals surface area contributed by atoms with Crippen molar-refractivity contribution in [2.45, 2.75) is 6.18 Å². The summed E-state index contributed by atoms with van der Waals surface area (Å²) in [5.74, 6) is -0.428. The van der Waals surface area contributed by atoms with Crippen molar-refractivity contribution in [3.63, 3.8) is 0 Å². The number of para-hydroxylation sites is 1. The van der Waals surface area contributed by atoms with E-state index in [1.807, 2.05) is 6.07 Å². The molecule has 0 saturated heterocycles. The number of halogens is 3. The number of amides is 1. The number of rotatable bonds is 3. The molecule has 3 aromatic rings. The number of carbonyl (C=O) groups is 1. The zero-order valence-corrected chi connectivity index (χ0v) is 12.2. The first kappa shape index (κ1) is 15.8. The quantitative estimate of drug-likeness (QED) is 0.762. The van der Waals surface area contributed by atoms with Gasteiger partial charge in [0.15, 0.2) is 11.5 Å². The second kappa shape index (κ2) is 6.19. The number of alkyl halides is 3. The van der Waals surface area contributed by atoms with Crippen LogP contribution >= 0.6 is 0 Å². The second-order valence-electron chi connectivity index (χ2n) is 4.94. The number of carbonyl (C=O) groups excluding carboxylic acids is 1. The molecule has 1 N–H and O–H groups in total. The van der Waals surface area contributed by atoms with Gasteiger partial charge in [0.05, 0.1) is 11.3 Å². The van der Waals surface area contributed by atoms with Crippen molar-refractivity contribution in [2.24, 2.45) is 0 Å². The highest BCUT2D eigenvalue weighted by atomic mass is 19.4. The van der Waals surface area contributed by atoms with E-state index in [-0.39, 0.29) is 11.4 Å². The van der Waals surface area contributed by atoms with Gasteiger partial charge in [-0.15, -0.1) is 0 Å². The summed E-state index contributed by atoms with van der Waals surface area (Å²) in [6.45, 7) is 0. The molecular weight excluding hydrogens is 321 g/mol. The largest absolute Gasteiger partial charge is 0.418 e.